The maximum atomic E-state index is 11.5. The Morgan fingerprint density at radius 3 is 2.65 bits per heavy atom. The summed E-state index contributed by atoms with van der Waals surface area (Å²) in [4.78, 5) is 2.22. The van der Waals surface area contributed by atoms with Crippen LogP contribution in [0.5, 0.6) is 0 Å². The summed E-state index contributed by atoms with van der Waals surface area (Å²) in [6.45, 7) is 6.34. The van der Waals surface area contributed by atoms with Crippen LogP contribution in [-0.4, -0.2) is 55.5 Å². The first-order valence-corrected chi connectivity index (χ1v) is 9.00. The molecule has 1 heterocycles. The SMILES string of the molecule is CC(C)(CCCCN1CCCS(=O)(=O)CC1)C(N)=NO. The lowest BCUT2D eigenvalue weighted by atomic mass is 9.86. The molecule has 0 bridgehead atoms. The van der Waals surface area contributed by atoms with Crippen LogP contribution in [0, 0.1) is 5.41 Å². The van der Waals surface area contributed by atoms with E-state index < -0.39 is 9.84 Å². The van der Waals surface area contributed by atoms with Gasteiger partial charge in [-0.1, -0.05) is 25.4 Å². The van der Waals surface area contributed by atoms with Gasteiger partial charge in [-0.15, -0.1) is 0 Å². The first kappa shape index (κ1) is 17.2. The van der Waals surface area contributed by atoms with Crippen LogP contribution in [0.4, 0.5) is 0 Å². The third kappa shape index (κ3) is 5.66. The Kier molecular flexibility index (Phi) is 6.26. The molecule has 0 spiro atoms. The minimum Gasteiger partial charge on any atom is -0.409 e. The fraction of sp³-hybridized carbons (Fsp3) is 0.923. The maximum absolute atomic E-state index is 11.5. The predicted octanol–water partition coefficient (Wildman–Crippen LogP) is 1.05. The number of sulfone groups is 1. The van der Waals surface area contributed by atoms with E-state index in [2.05, 4.69) is 10.1 Å². The second-order valence-electron chi connectivity index (χ2n) is 6.17. The van der Waals surface area contributed by atoms with Crippen LogP contribution >= 0.6 is 0 Å². The lowest BCUT2D eigenvalue weighted by Gasteiger charge is -2.24. The van der Waals surface area contributed by atoms with E-state index in [0.717, 1.165) is 38.8 Å². The maximum Gasteiger partial charge on any atom is 0.151 e. The van der Waals surface area contributed by atoms with Crippen molar-refractivity contribution in [2.45, 2.75) is 39.5 Å². The first-order valence-electron chi connectivity index (χ1n) is 7.18. The molecule has 0 aromatic heterocycles. The van der Waals surface area contributed by atoms with Crippen LogP contribution < -0.4 is 5.73 Å². The van der Waals surface area contributed by atoms with Gasteiger partial charge in [0.25, 0.3) is 0 Å². The van der Waals surface area contributed by atoms with Gasteiger partial charge in [-0.2, -0.15) is 0 Å². The van der Waals surface area contributed by atoms with Gasteiger partial charge in [0.15, 0.2) is 9.84 Å². The third-order valence-electron chi connectivity index (χ3n) is 3.98. The van der Waals surface area contributed by atoms with Crippen LogP contribution in [0.3, 0.4) is 0 Å². The van der Waals surface area contributed by atoms with Crippen LogP contribution in [-0.2, 0) is 9.84 Å². The summed E-state index contributed by atoms with van der Waals surface area (Å²) >= 11 is 0. The van der Waals surface area contributed by atoms with Gasteiger partial charge in [0, 0.05) is 12.0 Å². The lowest BCUT2D eigenvalue weighted by molar-refractivity contribution is 0.278. The molecule has 1 aliphatic heterocycles. The summed E-state index contributed by atoms with van der Waals surface area (Å²) < 4.78 is 23.0. The van der Waals surface area contributed by atoms with E-state index in [1.807, 2.05) is 13.8 Å². The molecule has 0 aromatic rings. The smallest absolute Gasteiger partial charge is 0.151 e. The summed E-state index contributed by atoms with van der Waals surface area (Å²) in [5.74, 6) is 0.862. The zero-order valence-electron chi connectivity index (χ0n) is 12.5. The topological polar surface area (TPSA) is 96.0 Å². The Bertz CT molecular complexity index is 432. The molecule has 0 radical (unpaired) electrons. The van der Waals surface area contributed by atoms with E-state index in [0.29, 0.717) is 12.3 Å². The summed E-state index contributed by atoms with van der Waals surface area (Å²) in [7, 11) is -2.82. The zero-order chi connectivity index (χ0) is 15.2. The van der Waals surface area contributed by atoms with Crippen LogP contribution in [0.15, 0.2) is 5.16 Å². The van der Waals surface area contributed by atoms with E-state index in [-0.39, 0.29) is 17.0 Å². The minimum atomic E-state index is -2.82. The van der Waals surface area contributed by atoms with Gasteiger partial charge in [0.1, 0.15) is 5.84 Å². The van der Waals surface area contributed by atoms with Gasteiger partial charge in [-0.25, -0.2) is 8.42 Å². The van der Waals surface area contributed by atoms with Gasteiger partial charge in [0.2, 0.25) is 0 Å². The van der Waals surface area contributed by atoms with Crippen molar-refractivity contribution in [3.63, 3.8) is 0 Å². The normalized spacial score (nSPS) is 21.6. The van der Waals surface area contributed by atoms with Gasteiger partial charge >= 0.3 is 0 Å². The number of unbranched alkanes of at least 4 members (excludes halogenated alkanes) is 1. The van der Waals surface area contributed by atoms with E-state index in [4.69, 9.17) is 10.9 Å². The van der Waals surface area contributed by atoms with E-state index >= 15 is 0 Å². The molecule has 1 saturated heterocycles. The number of oxime groups is 1. The Morgan fingerprint density at radius 2 is 2.00 bits per heavy atom. The quantitative estimate of drug-likeness (QED) is 0.251. The highest BCUT2D eigenvalue weighted by atomic mass is 32.2. The molecule has 20 heavy (non-hydrogen) atoms. The average molecular weight is 305 g/mol. The Labute approximate surface area is 121 Å². The monoisotopic (exact) mass is 305 g/mol. The van der Waals surface area contributed by atoms with Gasteiger partial charge in [-0.3, -0.25) is 0 Å². The fourth-order valence-corrected chi connectivity index (χ4v) is 3.69. The standard InChI is InChI=1S/C13H27N3O3S/c1-13(2,12(14)15-17)6-3-4-7-16-8-5-10-20(18,19)11-9-16/h17H,3-11H2,1-2H3,(H2,14,15). The molecule has 6 nitrogen and oxygen atoms in total. The van der Waals surface area contributed by atoms with Crippen molar-refractivity contribution in [3.05, 3.63) is 0 Å². The molecule has 1 aliphatic rings. The number of hydrogen-bond acceptors (Lipinski definition) is 5. The minimum absolute atomic E-state index is 0.262. The Morgan fingerprint density at radius 1 is 1.30 bits per heavy atom. The second kappa shape index (κ2) is 7.26. The van der Waals surface area contributed by atoms with Crippen molar-refractivity contribution in [2.75, 3.05) is 31.1 Å². The molecule has 0 aliphatic carbocycles. The Hall–Kier alpha value is -0.820. The summed E-state index contributed by atoms with van der Waals surface area (Å²) in [6.07, 6.45) is 3.57. The number of amidine groups is 1. The van der Waals surface area contributed by atoms with Crippen LogP contribution in [0.25, 0.3) is 0 Å². The number of nitrogens with zero attached hydrogens (tertiary/aromatic N) is 2. The van der Waals surface area contributed by atoms with Crippen molar-refractivity contribution in [2.24, 2.45) is 16.3 Å². The molecule has 0 saturated carbocycles. The van der Waals surface area contributed by atoms with E-state index in [1.165, 1.54) is 0 Å². The van der Waals surface area contributed by atoms with Crippen molar-refractivity contribution in [3.8, 4) is 0 Å². The largest absolute Gasteiger partial charge is 0.409 e. The summed E-state index contributed by atoms with van der Waals surface area (Å²) in [5, 5.41) is 11.8. The van der Waals surface area contributed by atoms with Gasteiger partial charge in [0.05, 0.1) is 11.5 Å². The highest BCUT2D eigenvalue weighted by Gasteiger charge is 2.23. The number of hydrogen-bond donors (Lipinski definition) is 2. The third-order valence-corrected chi connectivity index (χ3v) is 5.69. The molecule has 7 heteroatoms. The summed E-state index contributed by atoms with van der Waals surface area (Å²) in [6, 6.07) is 0. The van der Waals surface area contributed by atoms with Gasteiger partial charge < -0.3 is 15.8 Å². The molecular weight excluding hydrogens is 278 g/mol. The predicted molar refractivity (Wildman–Crippen MR) is 80.8 cm³/mol. The van der Waals surface area contributed by atoms with Crippen molar-refractivity contribution >= 4 is 15.7 Å². The molecule has 118 valence electrons. The summed E-state index contributed by atoms with van der Waals surface area (Å²) in [5.41, 5.74) is 5.35. The molecule has 0 atom stereocenters. The molecule has 0 amide bonds. The Balaban J connectivity index is 2.28. The first-order chi connectivity index (χ1) is 9.27. The van der Waals surface area contributed by atoms with Crippen molar-refractivity contribution in [1.29, 1.82) is 0 Å². The average Bonchev–Trinajstić information content (AvgIpc) is 2.55. The van der Waals surface area contributed by atoms with Crippen molar-refractivity contribution in [1.82, 2.24) is 4.90 Å². The molecule has 3 N–H and O–H groups in total. The molecule has 0 unspecified atom stereocenters. The highest BCUT2D eigenvalue weighted by molar-refractivity contribution is 7.91. The molecule has 1 rings (SSSR count). The second-order valence-corrected chi connectivity index (χ2v) is 8.48. The number of nitrogens with two attached hydrogens (primary N) is 1. The molecular formula is C13H27N3O3S. The number of rotatable bonds is 6. The van der Waals surface area contributed by atoms with Crippen LogP contribution in [0.2, 0.25) is 0 Å². The van der Waals surface area contributed by atoms with Crippen LogP contribution in [0.1, 0.15) is 39.5 Å². The van der Waals surface area contributed by atoms with Gasteiger partial charge in [-0.05, 0) is 32.4 Å². The van der Waals surface area contributed by atoms with E-state index in [1.54, 1.807) is 0 Å². The van der Waals surface area contributed by atoms with E-state index in [9.17, 15) is 8.42 Å². The zero-order valence-corrected chi connectivity index (χ0v) is 13.3. The lowest BCUT2D eigenvalue weighted by Crippen LogP contribution is -2.32. The highest BCUT2D eigenvalue weighted by Crippen LogP contribution is 2.23. The van der Waals surface area contributed by atoms with Crippen molar-refractivity contribution < 1.29 is 13.6 Å². The molecule has 1 fully saturated rings. The molecule has 0 aromatic carbocycles. The fourth-order valence-electron chi connectivity index (χ4n) is 2.38.